The van der Waals surface area contributed by atoms with Crippen LogP contribution in [-0.2, 0) is 7.05 Å². The summed E-state index contributed by atoms with van der Waals surface area (Å²) in [6.07, 6.45) is 7.22. The molecule has 1 saturated carbocycles. The van der Waals surface area contributed by atoms with Gasteiger partial charge in [0.15, 0.2) is 0 Å². The average Bonchev–Trinajstić information content (AvgIpc) is 3.08. The van der Waals surface area contributed by atoms with Crippen LogP contribution in [0, 0.1) is 5.92 Å². The topological polar surface area (TPSA) is 25.2 Å². The summed E-state index contributed by atoms with van der Waals surface area (Å²) in [6, 6.07) is 8.04. The first-order chi connectivity index (χ1) is 9.65. The number of carbonyl (C=O) groups is 1. The third kappa shape index (κ3) is 2.45. The van der Waals surface area contributed by atoms with Gasteiger partial charge in [-0.3, -0.25) is 4.79 Å². The molecule has 0 bridgehead atoms. The molecule has 1 heterocycles. The molecule has 3 nitrogen and oxygen atoms in total. The van der Waals surface area contributed by atoms with Crippen LogP contribution in [0.4, 0.5) is 0 Å². The van der Waals surface area contributed by atoms with E-state index < -0.39 is 0 Å². The van der Waals surface area contributed by atoms with Crippen molar-refractivity contribution < 1.29 is 4.79 Å². The summed E-state index contributed by atoms with van der Waals surface area (Å²) in [5.74, 6) is 0.840. The summed E-state index contributed by atoms with van der Waals surface area (Å²) >= 11 is 0. The lowest BCUT2D eigenvalue weighted by Gasteiger charge is -2.21. The number of amides is 1. The number of fused-ring (bicyclic) bond motifs is 1. The molecule has 0 spiro atoms. The minimum Gasteiger partial charge on any atom is -0.351 e. The Hall–Kier alpha value is -1.77. The molecule has 1 amide bonds. The highest BCUT2D eigenvalue weighted by molar-refractivity contribution is 5.98. The molecule has 0 N–H and O–H groups in total. The van der Waals surface area contributed by atoms with Gasteiger partial charge in [-0.1, -0.05) is 12.8 Å². The van der Waals surface area contributed by atoms with E-state index >= 15 is 0 Å². The Kier molecular flexibility index (Phi) is 3.51. The van der Waals surface area contributed by atoms with Gasteiger partial charge in [-0.05, 0) is 43.0 Å². The van der Waals surface area contributed by atoms with Crippen molar-refractivity contribution in [2.24, 2.45) is 13.0 Å². The van der Waals surface area contributed by atoms with Gasteiger partial charge >= 0.3 is 0 Å². The van der Waals surface area contributed by atoms with E-state index in [9.17, 15) is 4.79 Å². The van der Waals surface area contributed by atoms with Crippen molar-refractivity contribution in [3.05, 3.63) is 36.0 Å². The molecule has 1 aromatic carbocycles. The van der Waals surface area contributed by atoms with E-state index in [4.69, 9.17) is 0 Å². The van der Waals surface area contributed by atoms with E-state index in [1.54, 1.807) is 0 Å². The molecule has 3 rings (SSSR count). The summed E-state index contributed by atoms with van der Waals surface area (Å²) in [6.45, 7) is 0.895. The Morgan fingerprint density at radius 3 is 2.80 bits per heavy atom. The Morgan fingerprint density at radius 2 is 2.05 bits per heavy atom. The van der Waals surface area contributed by atoms with Crippen molar-refractivity contribution in [1.29, 1.82) is 0 Å². The molecular formula is C17H22N2O. The van der Waals surface area contributed by atoms with Crippen LogP contribution in [0.15, 0.2) is 30.5 Å². The van der Waals surface area contributed by atoms with E-state index in [2.05, 4.69) is 10.6 Å². The van der Waals surface area contributed by atoms with Gasteiger partial charge in [0.1, 0.15) is 0 Å². The fourth-order valence-electron chi connectivity index (χ4n) is 3.30. The molecule has 0 radical (unpaired) electrons. The van der Waals surface area contributed by atoms with Crippen molar-refractivity contribution >= 4 is 16.8 Å². The summed E-state index contributed by atoms with van der Waals surface area (Å²) < 4.78 is 2.08. The Balaban J connectivity index is 1.76. The van der Waals surface area contributed by atoms with Gasteiger partial charge < -0.3 is 9.47 Å². The van der Waals surface area contributed by atoms with Crippen molar-refractivity contribution in [2.45, 2.75) is 25.7 Å². The third-order valence-corrected chi connectivity index (χ3v) is 4.49. The zero-order valence-corrected chi connectivity index (χ0v) is 12.3. The number of benzene rings is 1. The molecule has 20 heavy (non-hydrogen) atoms. The summed E-state index contributed by atoms with van der Waals surface area (Å²) in [5, 5.41) is 1.13. The molecule has 1 aliphatic rings. The SMILES string of the molecule is CN(CC1CCCC1)C(=O)c1ccc2c(ccn2C)c1. The van der Waals surface area contributed by atoms with Crippen LogP contribution in [0.1, 0.15) is 36.0 Å². The van der Waals surface area contributed by atoms with E-state index in [0.717, 1.165) is 17.5 Å². The van der Waals surface area contributed by atoms with Gasteiger partial charge in [0.2, 0.25) is 0 Å². The molecule has 1 aromatic heterocycles. The van der Waals surface area contributed by atoms with Gasteiger partial charge in [-0.15, -0.1) is 0 Å². The Morgan fingerprint density at radius 1 is 1.30 bits per heavy atom. The molecule has 0 atom stereocenters. The quantitative estimate of drug-likeness (QED) is 0.838. The first-order valence-corrected chi connectivity index (χ1v) is 7.45. The number of hydrogen-bond donors (Lipinski definition) is 0. The second-order valence-corrected chi connectivity index (χ2v) is 6.04. The van der Waals surface area contributed by atoms with Crippen LogP contribution < -0.4 is 0 Å². The summed E-state index contributed by atoms with van der Waals surface area (Å²) in [7, 11) is 3.95. The van der Waals surface area contributed by atoms with E-state index in [-0.39, 0.29) is 5.91 Å². The zero-order chi connectivity index (χ0) is 14.1. The summed E-state index contributed by atoms with van der Waals surface area (Å²) in [4.78, 5) is 14.4. The standard InChI is InChI=1S/C17H22N2O/c1-18-10-9-14-11-15(7-8-16(14)18)17(20)19(2)12-13-5-3-4-6-13/h7-11,13H,3-6,12H2,1-2H3. The van der Waals surface area contributed by atoms with Crippen LogP contribution in [0.5, 0.6) is 0 Å². The molecule has 106 valence electrons. The van der Waals surface area contributed by atoms with E-state index in [0.29, 0.717) is 5.92 Å². The fourth-order valence-corrected chi connectivity index (χ4v) is 3.30. The van der Waals surface area contributed by atoms with Crippen molar-refractivity contribution in [1.82, 2.24) is 9.47 Å². The largest absolute Gasteiger partial charge is 0.351 e. The highest BCUT2D eigenvalue weighted by atomic mass is 16.2. The van der Waals surface area contributed by atoms with Crippen LogP contribution in [0.25, 0.3) is 10.9 Å². The minimum absolute atomic E-state index is 0.141. The predicted octanol–water partition coefficient (Wildman–Crippen LogP) is 3.44. The normalized spacial score (nSPS) is 15.9. The van der Waals surface area contributed by atoms with Gasteiger partial charge in [0.05, 0.1) is 0 Å². The zero-order valence-electron chi connectivity index (χ0n) is 12.3. The van der Waals surface area contributed by atoms with Crippen molar-refractivity contribution in [3.8, 4) is 0 Å². The minimum atomic E-state index is 0.141. The lowest BCUT2D eigenvalue weighted by atomic mass is 10.1. The maximum Gasteiger partial charge on any atom is 0.253 e. The van der Waals surface area contributed by atoms with Crippen molar-refractivity contribution in [2.75, 3.05) is 13.6 Å². The molecule has 0 unspecified atom stereocenters. The number of rotatable bonds is 3. The molecule has 3 heteroatoms. The maximum absolute atomic E-state index is 12.5. The molecule has 2 aromatic rings. The Labute approximate surface area is 120 Å². The molecule has 1 fully saturated rings. The molecule has 0 saturated heterocycles. The highest BCUT2D eigenvalue weighted by Gasteiger charge is 2.20. The van der Waals surface area contributed by atoms with Gasteiger partial charge in [0.25, 0.3) is 5.91 Å². The maximum atomic E-state index is 12.5. The second kappa shape index (κ2) is 5.31. The predicted molar refractivity (Wildman–Crippen MR) is 81.8 cm³/mol. The lowest BCUT2D eigenvalue weighted by molar-refractivity contribution is 0.0773. The second-order valence-electron chi connectivity index (χ2n) is 6.04. The Bertz CT molecular complexity index is 623. The van der Waals surface area contributed by atoms with Gasteiger partial charge in [-0.2, -0.15) is 0 Å². The molecule has 0 aliphatic heterocycles. The van der Waals surface area contributed by atoms with Gasteiger partial charge in [0, 0.05) is 43.3 Å². The van der Waals surface area contributed by atoms with Crippen LogP contribution in [0.3, 0.4) is 0 Å². The van der Waals surface area contributed by atoms with Crippen molar-refractivity contribution in [3.63, 3.8) is 0 Å². The number of aromatic nitrogens is 1. The van der Waals surface area contributed by atoms with Gasteiger partial charge in [-0.25, -0.2) is 0 Å². The fraction of sp³-hybridized carbons (Fsp3) is 0.471. The first-order valence-electron chi connectivity index (χ1n) is 7.45. The van der Waals surface area contributed by atoms with E-state index in [1.165, 1.54) is 31.2 Å². The van der Waals surface area contributed by atoms with Crippen LogP contribution >= 0.6 is 0 Å². The third-order valence-electron chi connectivity index (χ3n) is 4.49. The lowest BCUT2D eigenvalue weighted by Crippen LogP contribution is -2.31. The number of aryl methyl sites for hydroxylation is 1. The van der Waals surface area contributed by atoms with E-state index in [1.807, 2.05) is 43.4 Å². The van der Waals surface area contributed by atoms with Crippen LogP contribution in [-0.4, -0.2) is 29.0 Å². The van der Waals surface area contributed by atoms with Crippen LogP contribution in [0.2, 0.25) is 0 Å². The number of hydrogen-bond acceptors (Lipinski definition) is 1. The highest BCUT2D eigenvalue weighted by Crippen LogP contribution is 2.26. The average molecular weight is 270 g/mol. The molecular weight excluding hydrogens is 248 g/mol. The smallest absolute Gasteiger partial charge is 0.253 e. The summed E-state index contributed by atoms with van der Waals surface area (Å²) in [5.41, 5.74) is 1.96. The number of carbonyl (C=O) groups excluding carboxylic acids is 1. The first kappa shape index (κ1) is 13.2. The monoisotopic (exact) mass is 270 g/mol. The molecule has 1 aliphatic carbocycles. The number of nitrogens with zero attached hydrogens (tertiary/aromatic N) is 2.